The summed E-state index contributed by atoms with van der Waals surface area (Å²) in [4.78, 5) is 6.91. The number of morpholine rings is 1. The largest absolute Gasteiger partial charge is 0.373 e. The van der Waals surface area contributed by atoms with Crippen LogP contribution in [0, 0.1) is 0 Å². The first-order valence-corrected chi connectivity index (χ1v) is 8.56. The molecular formula is C18H30N4O. The molecule has 1 fully saturated rings. The van der Waals surface area contributed by atoms with Gasteiger partial charge in [0.2, 0.25) is 0 Å². The molecule has 0 aromatic heterocycles. The lowest BCUT2D eigenvalue weighted by atomic mass is 10.1. The van der Waals surface area contributed by atoms with Crippen LogP contribution < -0.4 is 11.1 Å². The summed E-state index contributed by atoms with van der Waals surface area (Å²) in [6, 6.07) is 8.48. The number of nitrogens with one attached hydrogen (secondary N) is 1. The summed E-state index contributed by atoms with van der Waals surface area (Å²) in [5.74, 6) is 0.523. The first kappa shape index (κ1) is 17.8. The highest BCUT2D eigenvalue weighted by molar-refractivity contribution is 5.77. The first-order valence-electron chi connectivity index (χ1n) is 8.56. The Morgan fingerprint density at radius 1 is 1.26 bits per heavy atom. The SMILES string of the molecule is CCCNC(N)=NCc1ccccc1CN1CC(C)OC(C)C1. The second-order valence-corrected chi connectivity index (χ2v) is 6.35. The van der Waals surface area contributed by atoms with Gasteiger partial charge in [-0.25, -0.2) is 4.99 Å². The van der Waals surface area contributed by atoms with Crippen molar-refractivity contribution in [1.29, 1.82) is 0 Å². The summed E-state index contributed by atoms with van der Waals surface area (Å²) in [7, 11) is 0. The molecule has 1 heterocycles. The van der Waals surface area contributed by atoms with E-state index in [2.05, 4.69) is 60.2 Å². The van der Waals surface area contributed by atoms with Crippen LogP contribution in [0.3, 0.4) is 0 Å². The second kappa shape index (κ2) is 8.89. The van der Waals surface area contributed by atoms with Crippen LogP contribution in [-0.4, -0.2) is 42.7 Å². The predicted molar refractivity (Wildman–Crippen MR) is 95.3 cm³/mol. The van der Waals surface area contributed by atoms with Crippen molar-refractivity contribution < 1.29 is 4.74 Å². The lowest BCUT2D eigenvalue weighted by molar-refractivity contribution is -0.0705. The molecule has 0 aliphatic carbocycles. The van der Waals surface area contributed by atoms with Gasteiger partial charge >= 0.3 is 0 Å². The molecule has 2 rings (SSSR count). The van der Waals surface area contributed by atoms with Gasteiger partial charge in [0, 0.05) is 26.2 Å². The minimum atomic E-state index is 0.290. The van der Waals surface area contributed by atoms with Crippen LogP contribution in [0.1, 0.15) is 38.3 Å². The van der Waals surface area contributed by atoms with Crippen LogP contribution in [0.25, 0.3) is 0 Å². The quantitative estimate of drug-likeness (QED) is 0.623. The molecule has 1 saturated heterocycles. The Morgan fingerprint density at radius 3 is 2.57 bits per heavy atom. The Hall–Kier alpha value is -1.59. The summed E-state index contributed by atoms with van der Waals surface area (Å²) < 4.78 is 5.81. The van der Waals surface area contributed by atoms with E-state index in [0.29, 0.717) is 12.5 Å². The minimum Gasteiger partial charge on any atom is -0.373 e. The lowest BCUT2D eigenvalue weighted by Gasteiger charge is -2.35. The van der Waals surface area contributed by atoms with E-state index in [1.165, 1.54) is 11.1 Å². The number of hydrogen-bond donors (Lipinski definition) is 2. The number of hydrogen-bond acceptors (Lipinski definition) is 3. The highest BCUT2D eigenvalue weighted by Gasteiger charge is 2.22. The fourth-order valence-electron chi connectivity index (χ4n) is 3.00. The van der Waals surface area contributed by atoms with Gasteiger partial charge in [0.15, 0.2) is 5.96 Å². The molecule has 128 valence electrons. The fraction of sp³-hybridized carbons (Fsp3) is 0.611. The maximum absolute atomic E-state index is 5.89. The van der Waals surface area contributed by atoms with Crippen molar-refractivity contribution in [1.82, 2.24) is 10.2 Å². The van der Waals surface area contributed by atoms with E-state index in [-0.39, 0.29) is 12.2 Å². The summed E-state index contributed by atoms with van der Waals surface area (Å²) in [6.07, 6.45) is 1.62. The van der Waals surface area contributed by atoms with Gasteiger partial charge in [-0.2, -0.15) is 0 Å². The summed E-state index contributed by atoms with van der Waals surface area (Å²) >= 11 is 0. The summed E-state index contributed by atoms with van der Waals surface area (Å²) in [6.45, 7) is 10.8. The third-order valence-electron chi connectivity index (χ3n) is 3.98. The molecule has 0 radical (unpaired) electrons. The molecule has 0 amide bonds. The third-order valence-corrected chi connectivity index (χ3v) is 3.98. The Labute approximate surface area is 139 Å². The molecule has 1 aliphatic rings. The van der Waals surface area contributed by atoms with Crippen molar-refractivity contribution in [2.24, 2.45) is 10.7 Å². The van der Waals surface area contributed by atoms with Gasteiger partial charge in [-0.05, 0) is 31.4 Å². The monoisotopic (exact) mass is 318 g/mol. The standard InChI is InChI=1S/C18H30N4O/c1-4-9-20-18(19)21-10-16-7-5-6-8-17(16)13-22-11-14(2)23-15(3)12-22/h5-8,14-15H,4,9-13H2,1-3H3,(H3,19,20,21). The average molecular weight is 318 g/mol. The van der Waals surface area contributed by atoms with E-state index in [1.54, 1.807) is 0 Å². The van der Waals surface area contributed by atoms with Gasteiger partial charge in [-0.3, -0.25) is 4.90 Å². The maximum atomic E-state index is 5.89. The van der Waals surface area contributed by atoms with Crippen molar-refractivity contribution in [3.63, 3.8) is 0 Å². The Morgan fingerprint density at radius 2 is 1.91 bits per heavy atom. The van der Waals surface area contributed by atoms with Gasteiger partial charge < -0.3 is 15.8 Å². The Kier molecular flexibility index (Phi) is 6.86. The maximum Gasteiger partial charge on any atom is 0.188 e. The van der Waals surface area contributed by atoms with Gasteiger partial charge in [0.05, 0.1) is 18.8 Å². The summed E-state index contributed by atoms with van der Waals surface area (Å²) in [5, 5.41) is 3.12. The fourth-order valence-corrected chi connectivity index (χ4v) is 3.00. The highest BCUT2D eigenvalue weighted by atomic mass is 16.5. The van der Waals surface area contributed by atoms with Crippen molar-refractivity contribution in [3.05, 3.63) is 35.4 Å². The highest BCUT2D eigenvalue weighted by Crippen LogP contribution is 2.17. The minimum absolute atomic E-state index is 0.290. The van der Waals surface area contributed by atoms with E-state index < -0.39 is 0 Å². The van der Waals surface area contributed by atoms with E-state index in [1.807, 2.05) is 0 Å². The molecule has 1 aliphatic heterocycles. The lowest BCUT2D eigenvalue weighted by Crippen LogP contribution is -2.44. The van der Waals surface area contributed by atoms with Crippen molar-refractivity contribution in [3.8, 4) is 0 Å². The van der Waals surface area contributed by atoms with Crippen LogP contribution in [-0.2, 0) is 17.8 Å². The average Bonchev–Trinajstić information content (AvgIpc) is 2.51. The predicted octanol–water partition coefficient (Wildman–Crippen LogP) is 2.11. The molecule has 1 aromatic rings. The number of nitrogens with zero attached hydrogens (tertiary/aromatic N) is 2. The van der Waals surface area contributed by atoms with Crippen molar-refractivity contribution >= 4 is 5.96 Å². The molecule has 2 atom stereocenters. The van der Waals surface area contributed by atoms with Crippen LogP contribution in [0.4, 0.5) is 0 Å². The molecule has 23 heavy (non-hydrogen) atoms. The molecule has 0 saturated carbocycles. The number of guanidine groups is 1. The Bertz CT molecular complexity index is 507. The number of benzene rings is 1. The van der Waals surface area contributed by atoms with Crippen LogP contribution in [0.2, 0.25) is 0 Å². The van der Waals surface area contributed by atoms with Gasteiger partial charge in [0.25, 0.3) is 0 Å². The molecule has 5 heteroatoms. The van der Waals surface area contributed by atoms with E-state index >= 15 is 0 Å². The summed E-state index contributed by atoms with van der Waals surface area (Å²) in [5.41, 5.74) is 8.45. The first-order chi connectivity index (χ1) is 11.1. The molecule has 3 N–H and O–H groups in total. The van der Waals surface area contributed by atoms with Crippen LogP contribution in [0.15, 0.2) is 29.3 Å². The van der Waals surface area contributed by atoms with E-state index in [4.69, 9.17) is 10.5 Å². The van der Waals surface area contributed by atoms with Gasteiger partial charge in [-0.1, -0.05) is 31.2 Å². The second-order valence-electron chi connectivity index (χ2n) is 6.35. The van der Waals surface area contributed by atoms with Crippen molar-refractivity contribution in [2.45, 2.75) is 52.5 Å². The molecule has 5 nitrogen and oxygen atoms in total. The Balaban J connectivity index is 1.99. The van der Waals surface area contributed by atoms with Gasteiger partial charge in [-0.15, -0.1) is 0 Å². The number of aliphatic imine (C=N–C) groups is 1. The smallest absolute Gasteiger partial charge is 0.188 e. The zero-order chi connectivity index (χ0) is 16.7. The van der Waals surface area contributed by atoms with Crippen molar-refractivity contribution in [2.75, 3.05) is 19.6 Å². The number of nitrogens with two attached hydrogens (primary N) is 1. The number of rotatable bonds is 6. The van der Waals surface area contributed by atoms with E-state index in [9.17, 15) is 0 Å². The molecule has 2 unspecified atom stereocenters. The molecule has 1 aromatic carbocycles. The molecular weight excluding hydrogens is 288 g/mol. The zero-order valence-corrected chi connectivity index (χ0v) is 14.6. The molecule has 0 spiro atoms. The normalized spacial score (nSPS) is 23.0. The third kappa shape index (κ3) is 5.84. The number of ether oxygens (including phenoxy) is 1. The topological polar surface area (TPSA) is 62.9 Å². The molecule has 0 bridgehead atoms. The van der Waals surface area contributed by atoms with Gasteiger partial charge in [0.1, 0.15) is 0 Å². The van der Waals surface area contributed by atoms with Crippen LogP contribution >= 0.6 is 0 Å². The van der Waals surface area contributed by atoms with E-state index in [0.717, 1.165) is 32.6 Å². The zero-order valence-electron chi connectivity index (χ0n) is 14.6. The van der Waals surface area contributed by atoms with Crippen LogP contribution in [0.5, 0.6) is 0 Å².